The number of hydrogen-bond acceptors (Lipinski definition) is 6. The molecule has 0 spiro atoms. The van der Waals surface area contributed by atoms with Crippen molar-refractivity contribution in [2.24, 2.45) is 9.98 Å². The molecule has 0 fully saturated rings. The number of rotatable bonds is 4. The largest absolute Gasteiger partial charge is 0.402 e. The van der Waals surface area contributed by atoms with Crippen LogP contribution in [0.25, 0.3) is 12.2 Å². The SMILES string of the molecule is O=C1OC(c2cccc(F)c2)=N/C1=C\c1ccc(/C=C2\N=C(c3cccc(F)c3)OC2=O)cc1. The summed E-state index contributed by atoms with van der Waals surface area (Å²) in [6.45, 7) is 0. The third kappa shape index (κ3) is 4.42. The highest BCUT2D eigenvalue weighted by atomic mass is 19.1. The number of esters is 2. The number of aliphatic imine (C=N–C) groups is 2. The van der Waals surface area contributed by atoms with E-state index in [1.165, 1.54) is 48.6 Å². The van der Waals surface area contributed by atoms with Gasteiger partial charge in [0.25, 0.3) is 0 Å². The minimum Gasteiger partial charge on any atom is -0.402 e. The molecule has 5 rings (SSSR count). The second kappa shape index (κ2) is 8.67. The summed E-state index contributed by atoms with van der Waals surface area (Å²) in [5.74, 6) is -2.14. The lowest BCUT2D eigenvalue weighted by atomic mass is 10.1. The Bertz CT molecular complexity index is 1340. The summed E-state index contributed by atoms with van der Waals surface area (Å²) in [5, 5.41) is 0. The lowest BCUT2D eigenvalue weighted by molar-refractivity contribution is -0.130. The number of carbonyl (C=O) groups is 2. The molecule has 166 valence electrons. The van der Waals surface area contributed by atoms with Crippen LogP contribution in [0.4, 0.5) is 8.78 Å². The first-order chi connectivity index (χ1) is 16.4. The number of benzene rings is 3. The maximum atomic E-state index is 13.4. The van der Waals surface area contributed by atoms with Crippen molar-refractivity contribution in [1.82, 2.24) is 0 Å². The second-order valence-electron chi connectivity index (χ2n) is 7.36. The van der Waals surface area contributed by atoms with Gasteiger partial charge in [-0.25, -0.2) is 28.4 Å². The van der Waals surface area contributed by atoms with E-state index in [1.54, 1.807) is 36.4 Å². The highest BCUT2D eigenvalue weighted by molar-refractivity contribution is 6.13. The molecule has 0 saturated carbocycles. The zero-order chi connectivity index (χ0) is 23.7. The van der Waals surface area contributed by atoms with Gasteiger partial charge < -0.3 is 9.47 Å². The molecule has 0 N–H and O–H groups in total. The summed E-state index contributed by atoms with van der Waals surface area (Å²) >= 11 is 0. The van der Waals surface area contributed by atoms with E-state index in [9.17, 15) is 18.4 Å². The zero-order valence-corrected chi connectivity index (χ0v) is 17.4. The Hall–Kier alpha value is -4.72. The maximum Gasteiger partial charge on any atom is 0.363 e. The Morgan fingerprint density at radius 2 is 1.03 bits per heavy atom. The molecule has 8 heteroatoms. The lowest BCUT2D eigenvalue weighted by Gasteiger charge is -1.98. The molecule has 0 aromatic heterocycles. The van der Waals surface area contributed by atoms with Gasteiger partial charge in [-0.1, -0.05) is 36.4 Å². The molecule has 2 aliphatic heterocycles. The molecule has 0 radical (unpaired) electrons. The Balaban J connectivity index is 1.36. The summed E-state index contributed by atoms with van der Waals surface area (Å²) in [5.41, 5.74) is 2.21. The van der Waals surface area contributed by atoms with Crippen LogP contribution < -0.4 is 0 Å². The van der Waals surface area contributed by atoms with E-state index >= 15 is 0 Å². The Morgan fingerprint density at radius 3 is 1.41 bits per heavy atom. The van der Waals surface area contributed by atoms with E-state index in [-0.39, 0.29) is 23.2 Å². The number of ether oxygens (including phenoxy) is 2. The molecule has 3 aromatic rings. The zero-order valence-electron chi connectivity index (χ0n) is 17.4. The van der Waals surface area contributed by atoms with Crippen molar-refractivity contribution in [2.75, 3.05) is 0 Å². The van der Waals surface area contributed by atoms with Gasteiger partial charge >= 0.3 is 11.9 Å². The number of halogens is 2. The summed E-state index contributed by atoms with van der Waals surface area (Å²) < 4.78 is 37.1. The smallest absolute Gasteiger partial charge is 0.363 e. The third-order valence-electron chi connectivity index (χ3n) is 4.93. The molecule has 0 saturated heterocycles. The van der Waals surface area contributed by atoms with Gasteiger partial charge in [0.05, 0.1) is 0 Å². The molecule has 2 aliphatic rings. The van der Waals surface area contributed by atoms with Crippen molar-refractivity contribution in [3.8, 4) is 0 Å². The molecule has 2 heterocycles. The normalized spacial score (nSPS) is 17.6. The average Bonchev–Trinajstić information content (AvgIpc) is 3.37. The fourth-order valence-corrected chi connectivity index (χ4v) is 3.31. The van der Waals surface area contributed by atoms with Crippen molar-refractivity contribution in [2.45, 2.75) is 0 Å². The fraction of sp³-hybridized carbons (Fsp3) is 0. The maximum absolute atomic E-state index is 13.4. The first-order valence-corrected chi connectivity index (χ1v) is 10.1. The highest BCUT2D eigenvalue weighted by Gasteiger charge is 2.25. The van der Waals surface area contributed by atoms with Gasteiger partial charge in [0.15, 0.2) is 11.4 Å². The Labute approximate surface area is 192 Å². The Kier molecular flexibility index (Phi) is 5.39. The fourth-order valence-electron chi connectivity index (χ4n) is 3.31. The van der Waals surface area contributed by atoms with Gasteiger partial charge in [-0.05, 0) is 59.7 Å². The van der Waals surface area contributed by atoms with Gasteiger partial charge in [0.1, 0.15) is 11.6 Å². The van der Waals surface area contributed by atoms with E-state index in [4.69, 9.17) is 9.47 Å². The van der Waals surface area contributed by atoms with E-state index in [1.807, 2.05) is 0 Å². The monoisotopic (exact) mass is 456 g/mol. The third-order valence-corrected chi connectivity index (χ3v) is 4.93. The van der Waals surface area contributed by atoms with Crippen molar-refractivity contribution in [1.29, 1.82) is 0 Å². The molecule has 0 unspecified atom stereocenters. The number of nitrogens with zero attached hydrogens (tertiary/aromatic N) is 2. The first kappa shape index (κ1) is 21.1. The minimum absolute atomic E-state index is 0.0313. The van der Waals surface area contributed by atoms with Crippen molar-refractivity contribution < 1.29 is 27.8 Å². The first-order valence-electron chi connectivity index (χ1n) is 10.1. The van der Waals surface area contributed by atoms with Gasteiger partial charge in [-0.3, -0.25) is 0 Å². The van der Waals surface area contributed by atoms with Crippen molar-refractivity contribution in [3.05, 3.63) is 118 Å². The standard InChI is InChI=1S/C26H14F2N2O4/c27-19-5-1-3-17(13-19)23-29-21(25(31)33-23)11-15-7-9-16(10-8-15)12-22-26(32)34-24(30-22)18-4-2-6-20(28)14-18/h1-14H/b21-11-,22-12-. The number of carbonyl (C=O) groups excluding carboxylic acids is 2. The van der Waals surface area contributed by atoms with Crippen LogP contribution in [-0.2, 0) is 19.1 Å². The lowest BCUT2D eigenvalue weighted by Crippen LogP contribution is -2.05. The molecule has 0 amide bonds. The summed E-state index contributed by atoms with van der Waals surface area (Å²) in [6.07, 6.45) is 3.07. The van der Waals surface area contributed by atoms with Crippen molar-refractivity contribution >= 4 is 35.9 Å². The van der Waals surface area contributed by atoms with Crippen LogP contribution in [0.2, 0.25) is 0 Å². The predicted molar refractivity (Wildman–Crippen MR) is 120 cm³/mol. The van der Waals surface area contributed by atoms with Gasteiger partial charge in [0.2, 0.25) is 11.8 Å². The van der Waals surface area contributed by atoms with Crippen LogP contribution >= 0.6 is 0 Å². The van der Waals surface area contributed by atoms with Crippen LogP contribution in [0, 0.1) is 11.6 Å². The van der Waals surface area contributed by atoms with E-state index in [0.717, 1.165) is 0 Å². The summed E-state index contributed by atoms with van der Waals surface area (Å²) in [4.78, 5) is 32.6. The quantitative estimate of drug-likeness (QED) is 0.423. The summed E-state index contributed by atoms with van der Waals surface area (Å²) in [7, 11) is 0. The Morgan fingerprint density at radius 1 is 0.618 bits per heavy atom. The average molecular weight is 456 g/mol. The van der Waals surface area contributed by atoms with E-state index < -0.39 is 23.6 Å². The molecular weight excluding hydrogens is 442 g/mol. The van der Waals surface area contributed by atoms with Gasteiger partial charge in [0, 0.05) is 11.1 Å². The molecule has 34 heavy (non-hydrogen) atoms. The van der Waals surface area contributed by atoms with Crippen LogP contribution in [-0.4, -0.2) is 23.7 Å². The van der Waals surface area contributed by atoms with E-state index in [0.29, 0.717) is 22.3 Å². The molecule has 0 aliphatic carbocycles. The molecule has 3 aromatic carbocycles. The van der Waals surface area contributed by atoms with Crippen LogP contribution in [0.5, 0.6) is 0 Å². The van der Waals surface area contributed by atoms with Gasteiger partial charge in [-0.15, -0.1) is 0 Å². The molecular formula is C26H14F2N2O4. The van der Waals surface area contributed by atoms with Crippen LogP contribution in [0.3, 0.4) is 0 Å². The molecule has 0 bridgehead atoms. The van der Waals surface area contributed by atoms with Crippen molar-refractivity contribution in [3.63, 3.8) is 0 Å². The predicted octanol–water partition coefficient (Wildman–Crippen LogP) is 4.65. The van der Waals surface area contributed by atoms with Gasteiger partial charge in [-0.2, -0.15) is 0 Å². The molecule has 6 nitrogen and oxygen atoms in total. The highest BCUT2D eigenvalue weighted by Crippen LogP contribution is 2.22. The number of cyclic esters (lactones) is 2. The summed E-state index contributed by atoms with van der Waals surface area (Å²) in [6, 6.07) is 18.1. The number of hydrogen-bond donors (Lipinski definition) is 0. The van der Waals surface area contributed by atoms with Crippen LogP contribution in [0.15, 0.2) is 94.2 Å². The minimum atomic E-state index is -0.640. The van der Waals surface area contributed by atoms with Crippen LogP contribution in [0.1, 0.15) is 22.3 Å². The second-order valence-corrected chi connectivity index (χ2v) is 7.36. The van der Waals surface area contributed by atoms with E-state index in [2.05, 4.69) is 9.98 Å². The topological polar surface area (TPSA) is 77.3 Å². The molecule has 0 atom stereocenters.